The van der Waals surface area contributed by atoms with Gasteiger partial charge in [0.15, 0.2) is 0 Å². The van der Waals surface area contributed by atoms with Crippen LogP contribution in [-0.4, -0.2) is 14.7 Å². The van der Waals surface area contributed by atoms with Crippen LogP contribution in [0.5, 0.6) is 0 Å². The minimum absolute atomic E-state index is 0.0165. The molecule has 1 aliphatic carbocycles. The molecule has 0 saturated heterocycles. The van der Waals surface area contributed by atoms with Crippen molar-refractivity contribution >= 4 is 16.3 Å². The maximum absolute atomic E-state index is 11.1. The van der Waals surface area contributed by atoms with E-state index in [2.05, 4.69) is 0 Å². The number of aldehydes is 1. The van der Waals surface area contributed by atoms with Crippen molar-refractivity contribution in [1.82, 2.24) is 0 Å². The van der Waals surface area contributed by atoms with E-state index in [0.717, 1.165) is 11.8 Å². The third-order valence-corrected chi connectivity index (χ3v) is 4.55. The van der Waals surface area contributed by atoms with Gasteiger partial charge in [0, 0.05) is 5.92 Å². The summed E-state index contributed by atoms with van der Waals surface area (Å²) in [5.41, 5.74) is 0.949. The van der Waals surface area contributed by atoms with Gasteiger partial charge >= 0.3 is 0 Å². The monoisotopic (exact) mass is 253 g/mol. The molecule has 2 atom stereocenters. The smallest absolute Gasteiger partial charge is 0.238 e. The summed E-state index contributed by atoms with van der Waals surface area (Å²) in [5.74, 6) is 0.192. The van der Waals surface area contributed by atoms with E-state index < -0.39 is 10.0 Å². The molecule has 17 heavy (non-hydrogen) atoms. The predicted octanol–water partition coefficient (Wildman–Crippen LogP) is 1.27. The van der Waals surface area contributed by atoms with Gasteiger partial charge in [-0.2, -0.15) is 0 Å². The number of carbonyl (C=O) groups excluding carboxylic acids is 1. The number of hydrogen-bond acceptors (Lipinski definition) is 3. The number of rotatable bonds is 3. The van der Waals surface area contributed by atoms with Gasteiger partial charge in [0.1, 0.15) is 6.29 Å². The van der Waals surface area contributed by atoms with E-state index in [9.17, 15) is 13.2 Å². The highest BCUT2D eigenvalue weighted by atomic mass is 32.2. The fraction of sp³-hybridized carbons (Fsp3) is 0.417. The van der Waals surface area contributed by atoms with Crippen LogP contribution < -0.4 is 5.14 Å². The van der Waals surface area contributed by atoms with Crippen molar-refractivity contribution in [3.63, 3.8) is 0 Å². The lowest BCUT2D eigenvalue weighted by Crippen LogP contribution is -2.11. The Morgan fingerprint density at radius 2 is 1.76 bits per heavy atom. The van der Waals surface area contributed by atoms with Crippen molar-refractivity contribution in [2.75, 3.05) is 0 Å². The van der Waals surface area contributed by atoms with Crippen LogP contribution in [0.2, 0.25) is 0 Å². The van der Waals surface area contributed by atoms with Gasteiger partial charge in [-0.1, -0.05) is 26.0 Å². The first kappa shape index (κ1) is 12.3. The molecule has 1 aromatic carbocycles. The molecule has 1 fully saturated rings. The fourth-order valence-electron chi connectivity index (χ4n) is 2.43. The van der Waals surface area contributed by atoms with Gasteiger partial charge in [-0.05, 0) is 29.0 Å². The van der Waals surface area contributed by atoms with Crippen LogP contribution in [0.3, 0.4) is 0 Å². The minimum atomic E-state index is -3.64. The largest absolute Gasteiger partial charge is 0.303 e. The molecule has 92 valence electrons. The second kappa shape index (κ2) is 3.65. The molecule has 5 heteroatoms. The van der Waals surface area contributed by atoms with Crippen molar-refractivity contribution < 1.29 is 13.2 Å². The Labute approximate surface area is 101 Å². The number of nitrogens with two attached hydrogens (primary N) is 1. The Morgan fingerprint density at radius 1 is 1.24 bits per heavy atom. The van der Waals surface area contributed by atoms with Crippen molar-refractivity contribution in [3.8, 4) is 0 Å². The Balaban J connectivity index is 2.30. The van der Waals surface area contributed by atoms with Gasteiger partial charge < -0.3 is 4.79 Å². The van der Waals surface area contributed by atoms with E-state index in [1.165, 1.54) is 12.1 Å². The van der Waals surface area contributed by atoms with Crippen LogP contribution in [0.15, 0.2) is 29.2 Å². The molecule has 2 N–H and O–H groups in total. The Bertz CT molecular complexity index is 546. The zero-order valence-electron chi connectivity index (χ0n) is 9.75. The Morgan fingerprint density at radius 3 is 2.12 bits per heavy atom. The Hall–Kier alpha value is -1.20. The summed E-state index contributed by atoms with van der Waals surface area (Å²) in [6, 6.07) is 6.44. The van der Waals surface area contributed by atoms with E-state index in [4.69, 9.17) is 5.14 Å². The highest BCUT2D eigenvalue weighted by Crippen LogP contribution is 2.63. The molecule has 4 nitrogen and oxygen atoms in total. The van der Waals surface area contributed by atoms with E-state index >= 15 is 0 Å². The number of benzene rings is 1. The first-order chi connectivity index (χ1) is 7.78. The van der Waals surface area contributed by atoms with Crippen molar-refractivity contribution in [1.29, 1.82) is 0 Å². The first-order valence-electron chi connectivity index (χ1n) is 5.36. The summed E-state index contributed by atoms with van der Waals surface area (Å²) >= 11 is 0. The van der Waals surface area contributed by atoms with E-state index in [-0.39, 0.29) is 22.1 Å². The normalized spacial score (nSPS) is 26.5. The zero-order chi connectivity index (χ0) is 12.8. The topological polar surface area (TPSA) is 77.2 Å². The second-order valence-electron chi connectivity index (χ2n) is 5.07. The molecule has 2 rings (SSSR count). The van der Waals surface area contributed by atoms with Gasteiger partial charge in [0.05, 0.1) is 4.90 Å². The quantitative estimate of drug-likeness (QED) is 0.824. The minimum Gasteiger partial charge on any atom is -0.303 e. The predicted molar refractivity (Wildman–Crippen MR) is 63.9 cm³/mol. The third-order valence-electron chi connectivity index (χ3n) is 3.63. The van der Waals surface area contributed by atoms with Crippen LogP contribution in [0, 0.1) is 11.3 Å². The zero-order valence-corrected chi connectivity index (χ0v) is 10.6. The summed E-state index contributed by atoms with van der Waals surface area (Å²) in [6.45, 7) is 4.06. The van der Waals surface area contributed by atoms with Gasteiger partial charge in [0.25, 0.3) is 0 Å². The highest BCUT2D eigenvalue weighted by Gasteiger charge is 2.58. The molecule has 1 aromatic rings. The molecule has 0 aromatic heterocycles. The van der Waals surface area contributed by atoms with Gasteiger partial charge in [0.2, 0.25) is 10.0 Å². The third kappa shape index (κ3) is 2.00. The highest BCUT2D eigenvalue weighted by molar-refractivity contribution is 7.89. The lowest BCUT2D eigenvalue weighted by Gasteiger charge is -2.04. The van der Waals surface area contributed by atoms with Crippen molar-refractivity contribution in [2.45, 2.75) is 24.7 Å². The molecule has 0 amide bonds. The summed E-state index contributed by atoms with van der Waals surface area (Å²) in [6.07, 6.45) is 0.970. The van der Waals surface area contributed by atoms with Crippen LogP contribution in [-0.2, 0) is 14.8 Å². The molecular weight excluding hydrogens is 238 g/mol. The van der Waals surface area contributed by atoms with Crippen molar-refractivity contribution in [3.05, 3.63) is 29.8 Å². The molecule has 1 saturated carbocycles. The molecule has 0 radical (unpaired) electrons. The van der Waals surface area contributed by atoms with E-state index in [1.54, 1.807) is 12.1 Å². The average Bonchev–Trinajstić information content (AvgIpc) is 2.79. The average molecular weight is 253 g/mol. The molecule has 0 spiro atoms. The molecule has 0 bridgehead atoms. The summed E-state index contributed by atoms with van der Waals surface area (Å²) < 4.78 is 22.2. The standard InChI is InChI=1S/C12H15NO3S/c1-12(2)10(7-14)11(12)8-3-5-9(6-4-8)17(13,15)16/h3-7,10-11H,1-2H3,(H2,13,15,16). The van der Waals surface area contributed by atoms with E-state index in [0.29, 0.717) is 0 Å². The number of hydrogen-bond donors (Lipinski definition) is 1. The Kier molecular flexibility index (Phi) is 2.63. The lowest BCUT2D eigenvalue weighted by molar-refractivity contribution is -0.109. The summed E-state index contributed by atoms with van der Waals surface area (Å²) in [7, 11) is -3.64. The summed E-state index contributed by atoms with van der Waals surface area (Å²) in [5, 5.41) is 5.02. The van der Waals surface area contributed by atoms with Gasteiger partial charge in [-0.15, -0.1) is 0 Å². The molecule has 0 heterocycles. The lowest BCUT2D eigenvalue weighted by atomic mass is 10.0. The van der Waals surface area contributed by atoms with Gasteiger partial charge in [-0.3, -0.25) is 0 Å². The maximum atomic E-state index is 11.1. The van der Waals surface area contributed by atoms with Crippen LogP contribution >= 0.6 is 0 Å². The molecule has 0 aliphatic heterocycles. The SMILES string of the molecule is CC1(C)C(C=O)C1c1ccc(S(N)(=O)=O)cc1. The number of sulfonamides is 1. The number of primary sulfonamides is 1. The maximum Gasteiger partial charge on any atom is 0.238 e. The second-order valence-corrected chi connectivity index (χ2v) is 6.64. The van der Waals surface area contributed by atoms with Crippen LogP contribution in [0.4, 0.5) is 0 Å². The van der Waals surface area contributed by atoms with Crippen LogP contribution in [0.1, 0.15) is 25.3 Å². The molecule has 2 unspecified atom stereocenters. The van der Waals surface area contributed by atoms with E-state index in [1.807, 2.05) is 13.8 Å². The van der Waals surface area contributed by atoms with Crippen LogP contribution in [0.25, 0.3) is 0 Å². The van der Waals surface area contributed by atoms with Crippen molar-refractivity contribution in [2.24, 2.45) is 16.5 Å². The number of carbonyl (C=O) groups is 1. The summed E-state index contributed by atoms with van der Waals surface area (Å²) in [4.78, 5) is 11.0. The molecule has 1 aliphatic rings. The fourth-order valence-corrected chi connectivity index (χ4v) is 2.95. The first-order valence-corrected chi connectivity index (χ1v) is 6.91. The van der Waals surface area contributed by atoms with Gasteiger partial charge in [-0.25, -0.2) is 13.6 Å². The molecular formula is C12H15NO3S.